The van der Waals surface area contributed by atoms with Gasteiger partial charge in [-0.3, -0.25) is 4.79 Å². The second kappa shape index (κ2) is 6.61. The van der Waals surface area contributed by atoms with Gasteiger partial charge in [-0.05, 0) is 74.1 Å². The molecule has 31 heavy (non-hydrogen) atoms. The number of nitrogens with one attached hydrogen (secondary N) is 1. The summed E-state index contributed by atoms with van der Waals surface area (Å²) in [7, 11) is 0. The zero-order valence-corrected chi connectivity index (χ0v) is 18.2. The summed E-state index contributed by atoms with van der Waals surface area (Å²) < 4.78 is 8.38. The van der Waals surface area contributed by atoms with Crippen LogP contribution in [0.1, 0.15) is 47.8 Å². The summed E-state index contributed by atoms with van der Waals surface area (Å²) in [6.45, 7) is 7.81. The molecule has 1 N–H and O–H groups in total. The van der Waals surface area contributed by atoms with Crippen molar-refractivity contribution in [2.75, 3.05) is 0 Å². The van der Waals surface area contributed by atoms with E-state index in [-0.39, 0.29) is 12.0 Å². The van der Waals surface area contributed by atoms with Gasteiger partial charge < -0.3 is 14.6 Å². The number of ether oxygens (including phenoxy) is 1. The second-order valence-electron chi connectivity index (χ2n) is 8.86. The molecule has 0 saturated carbocycles. The van der Waals surface area contributed by atoms with Gasteiger partial charge in [-0.1, -0.05) is 24.3 Å². The molecule has 4 nitrogen and oxygen atoms in total. The van der Waals surface area contributed by atoms with Crippen molar-refractivity contribution in [2.45, 2.75) is 52.8 Å². The molecule has 0 fully saturated rings. The minimum absolute atomic E-state index is 0.0526. The van der Waals surface area contributed by atoms with Gasteiger partial charge in [-0.25, -0.2) is 0 Å². The number of carbonyl (C=O) groups is 1. The maximum Gasteiger partial charge on any atom is 0.252 e. The Balaban J connectivity index is 1.73. The van der Waals surface area contributed by atoms with Gasteiger partial charge in [-0.2, -0.15) is 0 Å². The van der Waals surface area contributed by atoms with Gasteiger partial charge in [0.05, 0.1) is 17.2 Å². The van der Waals surface area contributed by atoms with Crippen LogP contribution in [-0.2, 0) is 25.9 Å². The van der Waals surface area contributed by atoms with Crippen molar-refractivity contribution in [3.8, 4) is 16.9 Å². The van der Waals surface area contributed by atoms with E-state index in [2.05, 4.69) is 53.2 Å². The maximum atomic E-state index is 13.1. The highest BCUT2D eigenvalue weighted by Crippen LogP contribution is 2.47. The molecule has 4 heteroatoms. The molecular weight excluding hydrogens is 384 g/mol. The molecule has 0 unspecified atom stereocenters. The predicted molar refractivity (Wildman–Crippen MR) is 125 cm³/mol. The summed E-state index contributed by atoms with van der Waals surface area (Å²) in [6.07, 6.45) is 2.03. The number of rotatable bonds is 3. The van der Waals surface area contributed by atoms with Crippen molar-refractivity contribution in [1.29, 1.82) is 0 Å². The lowest BCUT2D eigenvalue weighted by Crippen LogP contribution is -2.16. The average Bonchev–Trinajstić information content (AvgIpc) is 3.30. The van der Waals surface area contributed by atoms with Gasteiger partial charge in [0.15, 0.2) is 0 Å². The van der Waals surface area contributed by atoms with Crippen LogP contribution in [0.5, 0.6) is 5.75 Å². The molecule has 1 amide bonds. The Labute approximate surface area is 181 Å². The van der Waals surface area contributed by atoms with Crippen LogP contribution in [0.3, 0.4) is 0 Å². The van der Waals surface area contributed by atoms with Crippen LogP contribution in [0.4, 0.5) is 0 Å². The van der Waals surface area contributed by atoms with Crippen LogP contribution >= 0.6 is 0 Å². The van der Waals surface area contributed by atoms with Crippen LogP contribution in [0, 0.1) is 0 Å². The van der Waals surface area contributed by atoms with E-state index in [1.165, 1.54) is 38.5 Å². The summed E-state index contributed by atoms with van der Waals surface area (Å²) >= 11 is 0. The Morgan fingerprint density at radius 2 is 1.90 bits per heavy atom. The van der Waals surface area contributed by atoms with Gasteiger partial charge in [0.2, 0.25) is 0 Å². The van der Waals surface area contributed by atoms with Gasteiger partial charge in [0.25, 0.3) is 5.91 Å². The molecule has 0 bridgehead atoms. The maximum absolute atomic E-state index is 13.1. The fraction of sp³-hybridized carbons (Fsp3) is 0.296. The van der Waals surface area contributed by atoms with E-state index in [4.69, 9.17) is 4.74 Å². The van der Waals surface area contributed by atoms with Crippen molar-refractivity contribution in [3.63, 3.8) is 0 Å². The van der Waals surface area contributed by atoms with Crippen LogP contribution in [-0.4, -0.2) is 16.6 Å². The topological polar surface area (TPSA) is 43.3 Å². The molecule has 0 saturated heterocycles. The molecule has 2 heterocycles. The smallest absolute Gasteiger partial charge is 0.252 e. The highest BCUT2D eigenvalue weighted by molar-refractivity contribution is 6.19. The van der Waals surface area contributed by atoms with Crippen LogP contribution in [0.15, 0.2) is 42.5 Å². The summed E-state index contributed by atoms with van der Waals surface area (Å²) in [6, 6.07) is 15.0. The second-order valence-corrected chi connectivity index (χ2v) is 8.86. The standard InChI is InChI=1S/C27H26N2O2/c1-4-29-22-8-6-5-7-19(22)24-21-14-28-27(30)25(21)23-18-12-10-17(31-15(2)3)13-16(18)9-11-20(23)26(24)29/h5-8,10,12-13,15H,4,9,11,14H2,1-3H3,(H,28,30). The van der Waals surface area contributed by atoms with Crippen LogP contribution in [0.25, 0.3) is 32.9 Å². The van der Waals surface area contributed by atoms with E-state index in [1.54, 1.807) is 0 Å². The van der Waals surface area contributed by atoms with Gasteiger partial charge >= 0.3 is 0 Å². The highest BCUT2D eigenvalue weighted by Gasteiger charge is 2.34. The van der Waals surface area contributed by atoms with E-state index in [0.29, 0.717) is 6.54 Å². The molecular formula is C27H26N2O2. The van der Waals surface area contributed by atoms with E-state index >= 15 is 0 Å². The first-order valence-corrected chi connectivity index (χ1v) is 11.2. The Hall–Kier alpha value is -3.27. The molecule has 3 aromatic carbocycles. The third-order valence-electron chi connectivity index (χ3n) is 6.74. The number of fused-ring (bicyclic) bond motifs is 10. The first kappa shape index (κ1) is 18.5. The number of para-hydroxylation sites is 1. The van der Waals surface area contributed by atoms with Crippen LogP contribution in [0.2, 0.25) is 0 Å². The summed E-state index contributed by atoms with van der Waals surface area (Å²) in [5, 5.41) is 5.62. The predicted octanol–water partition coefficient (Wildman–Crippen LogP) is 5.61. The third-order valence-corrected chi connectivity index (χ3v) is 6.74. The molecule has 0 atom stereocenters. The minimum Gasteiger partial charge on any atom is -0.491 e. The lowest BCUT2D eigenvalue weighted by Gasteiger charge is -2.25. The molecule has 0 spiro atoms. The molecule has 2 aliphatic rings. The molecule has 0 radical (unpaired) electrons. The SMILES string of the molecule is CCn1c2ccccc2c2c3c(c4c(c21)CCc1cc(OC(C)C)ccc1-4)C(=O)NC3. The summed E-state index contributed by atoms with van der Waals surface area (Å²) in [5.74, 6) is 0.957. The van der Waals surface area contributed by atoms with Gasteiger partial charge in [0.1, 0.15) is 5.75 Å². The Kier molecular flexibility index (Phi) is 3.95. The van der Waals surface area contributed by atoms with Crippen molar-refractivity contribution in [3.05, 3.63) is 64.7 Å². The minimum atomic E-state index is 0.0526. The van der Waals surface area contributed by atoms with Gasteiger partial charge in [0, 0.05) is 34.9 Å². The number of amides is 1. The number of nitrogens with zero attached hydrogens (tertiary/aromatic N) is 1. The summed E-state index contributed by atoms with van der Waals surface area (Å²) in [5.41, 5.74) is 9.48. The van der Waals surface area contributed by atoms with Crippen molar-refractivity contribution in [1.82, 2.24) is 9.88 Å². The van der Waals surface area contributed by atoms with Gasteiger partial charge in [-0.15, -0.1) is 0 Å². The average molecular weight is 411 g/mol. The lowest BCUT2D eigenvalue weighted by molar-refractivity contribution is 0.0966. The Morgan fingerprint density at radius 1 is 1.06 bits per heavy atom. The zero-order valence-electron chi connectivity index (χ0n) is 18.2. The third kappa shape index (κ3) is 2.51. The molecule has 1 aliphatic heterocycles. The van der Waals surface area contributed by atoms with E-state index in [9.17, 15) is 4.79 Å². The van der Waals surface area contributed by atoms with Crippen molar-refractivity contribution < 1.29 is 9.53 Å². The number of benzene rings is 3. The van der Waals surface area contributed by atoms with Crippen LogP contribution < -0.4 is 10.1 Å². The lowest BCUT2D eigenvalue weighted by atomic mass is 9.80. The number of hydrogen-bond donors (Lipinski definition) is 1. The van der Waals surface area contributed by atoms with E-state index < -0.39 is 0 Å². The fourth-order valence-electron chi connectivity index (χ4n) is 5.65. The van der Waals surface area contributed by atoms with E-state index in [1.807, 2.05) is 19.9 Å². The van der Waals surface area contributed by atoms with E-state index in [0.717, 1.165) is 41.8 Å². The first-order valence-electron chi connectivity index (χ1n) is 11.2. The number of aryl methyl sites for hydroxylation is 3. The van der Waals surface area contributed by atoms with Crippen molar-refractivity contribution >= 4 is 27.7 Å². The van der Waals surface area contributed by atoms with Crippen molar-refractivity contribution in [2.24, 2.45) is 0 Å². The molecule has 4 aromatic rings. The molecule has 6 rings (SSSR count). The quantitative estimate of drug-likeness (QED) is 0.477. The molecule has 1 aliphatic carbocycles. The largest absolute Gasteiger partial charge is 0.491 e. The normalized spacial score (nSPS) is 14.6. The Bertz CT molecular complexity index is 1390. The number of aromatic nitrogens is 1. The first-order chi connectivity index (χ1) is 15.1. The monoisotopic (exact) mass is 410 g/mol. The molecule has 1 aromatic heterocycles. The highest BCUT2D eigenvalue weighted by atomic mass is 16.5. The number of hydrogen-bond acceptors (Lipinski definition) is 2. The summed E-state index contributed by atoms with van der Waals surface area (Å²) in [4.78, 5) is 13.1. The fourth-order valence-corrected chi connectivity index (χ4v) is 5.65. The zero-order chi connectivity index (χ0) is 21.3. The Morgan fingerprint density at radius 3 is 2.71 bits per heavy atom. The number of carbonyl (C=O) groups excluding carboxylic acids is 1. The molecule has 156 valence electrons.